The van der Waals surface area contributed by atoms with E-state index in [1.807, 2.05) is 44.2 Å². The van der Waals surface area contributed by atoms with Gasteiger partial charge < -0.3 is 19.5 Å². The fourth-order valence-electron chi connectivity index (χ4n) is 5.01. The molecular formula is C24H31N3O4. The van der Waals surface area contributed by atoms with Gasteiger partial charge in [0.2, 0.25) is 5.91 Å². The van der Waals surface area contributed by atoms with E-state index in [1.54, 1.807) is 11.8 Å². The summed E-state index contributed by atoms with van der Waals surface area (Å²) in [4.78, 5) is 28.2. The van der Waals surface area contributed by atoms with Gasteiger partial charge in [-0.15, -0.1) is 0 Å². The number of carbonyl (C=O) groups excluding carboxylic acids is 2. The molecule has 0 bridgehead atoms. The largest absolute Gasteiger partial charge is 0.489 e. The van der Waals surface area contributed by atoms with Crippen LogP contribution < -0.4 is 10.1 Å². The minimum atomic E-state index is -0.186. The first-order valence-corrected chi connectivity index (χ1v) is 11.1. The van der Waals surface area contributed by atoms with Gasteiger partial charge in [0, 0.05) is 24.5 Å². The quantitative estimate of drug-likeness (QED) is 0.763. The Morgan fingerprint density at radius 1 is 1.26 bits per heavy atom. The Kier molecular flexibility index (Phi) is 6.03. The van der Waals surface area contributed by atoms with Gasteiger partial charge in [0.25, 0.3) is 5.91 Å². The summed E-state index contributed by atoms with van der Waals surface area (Å²) in [6.07, 6.45) is 4.17. The van der Waals surface area contributed by atoms with Crippen LogP contribution in [0.15, 0.2) is 34.9 Å². The fourth-order valence-corrected chi connectivity index (χ4v) is 5.01. The van der Waals surface area contributed by atoms with E-state index in [4.69, 9.17) is 9.26 Å². The lowest BCUT2D eigenvalue weighted by atomic mass is 9.76. The number of benzene rings is 1. The van der Waals surface area contributed by atoms with Crippen LogP contribution in [0.2, 0.25) is 0 Å². The number of likely N-dealkylation sites (tertiary alicyclic amines) is 1. The summed E-state index contributed by atoms with van der Waals surface area (Å²) in [6.45, 7) is 6.93. The molecule has 1 spiro atoms. The number of carbonyl (C=O) groups is 2. The Balaban J connectivity index is 1.52. The second kappa shape index (κ2) is 8.73. The normalized spacial score (nSPS) is 19.9. The number of amides is 2. The highest BCUT2D eigenvalue weighted by Crippen LogP contribution is 2.49. The molecule has 166 valence electrons. The first kappa shape index (κ1) is 21.4. The van der Waals surface area contributed by atoms with Gasteiger partial charge >= 0.3 is 0 Å². The van der Waals surface area contributed by atoms with E-state index in [9.17, 15) is 9.59 Å². The lowest BCUT2D eigenvalue weighted by Gasteiger charge is -2.29. The third-order valence-electron chi connectivity index (χ3n) is 6.60. The standard InChI is InChI=1S/C24H31N3O4/c1-16(2)25-22(28)20-13-27(15-24(20)11-7-8-12-24)23(29)21-19(17(3)31-26-21)14-30-18-9-5-4-6-10-18/h4-6,9-10,16,20H,7-8,11-15H2,1-3H3,(H,25,28). The van der Waals surface area contributed by atoms with Crippen LogP contribution >= 0.6 is 0 Å². The van der Waals surface area contributed by atoms with E-state index >= 15 is 0 Å². The molecule has 1 N–H and O–H groups in total. The van der Waals surface area contributed by atoms with Gasteiger partial charge in [0.1, 0.15) is 18.1 Å². The Labute approximate surface area is 183 Å². The highest BCUT2D eigenvalue weighted by Gasteiger charge is 2.52. The number of hydrogen-bond donors (Lipinski definition) is 1. The molecule has 2 amide bonds. The van der Waals surface area contributed by atoms with Crippen molar-refractivity contribution in [3.8, 4) is 5.75 Å². The van der Waals surface area contributed by atoms with Gasteiger partial charge in [0.15, 0.2) is 5.69 Å². The molecule has 31 heavy (non-hydrogen) atoms. The number of aromatic nitrogens is 1. The van der Waals surface area contributed by atoms with Crippen molar-refractivity contribution in [2.24, 2.45) is 11.3 Å². The van der Waals surface area contributed by atoms with Crippen LogP contribution in [0.4, 0.5) is 0 Å². The number of nitrogens with one attached hydrogen (secondary N) is 1. The number of rotatable bonds is 6. The van der Waals surface area contributed by atoms with Crippen molar-refractivity contribution < 1.29 is 18.8 Å². The van der Waals surface area contributed by atoms with Crippen molar-refractivity contribution in [1.82, 2.24) is 15.4 Å². The summed E-state index contributed by atoms with van der Waals surface area (Å²) in [6, 6.07) is 9.53. The number of hydrogen-bond acceptors (Lipinski definition) is 5. The molecule has 1 aliphatic heterocycles. The Morgan fingerprint density at radius 3 is 2.65 bits per heavy atom. The molecule has 1 unspecified atom stereocenters. The van der Waals surface area contributed by atoms with Crippen molar-refractivity contribution in [3.63, 3.8) is 0 Å². The maximum Gasteiger partial charge on any atom is 0.276 e. The zero-order valence-electron chi connectivity index (χ0n) is 18.5. The van der Waals surface area contributed by atoms with Gasteiger partial charge in [-0.1, -0.05) is 36.2 Å². The molecule has 2 aromatic rings. The van der Waals surface area contributed by atoms with E-state index in [0.29, 0.717) is 24.4 Å². The second-order valence-electron chi connectivity index (χ2n) is 9.14. The average molecular weight is 426 g/mol. The van der Waals surface area contributed by atoms with E-state index in [-0.39, 0.29) is 41.5 Å². The fraction of sp³-hybridized carbons (Fsp3) is 0.542. The molecule has 2 heterocycles. The van der Waals surface area contributed by atoms with Gasteiger partial charge in [-0.05, 0) is 45.7 Å². The predicted molar refractivity (Wildman–Crippen MR) is 116 cm³/mol. The topological polar surface area (TPSA) is 84.7 Å². The third-order valence-corrected chi connectivity index (χ3v) is 6.60. The average Bonchev–Trinajstić information content (AvgIpc) is 3.46. The summed E-state index contributed by atoms with van der Waals surface area (Å²) in [5, 5.41) is 7.12. The monoisotopic (exact) mass is 425 g/mol. The van der Waals surface area contributed by atoms with Crippen molar-refractivity contribution >= 4 is 11.8 Å². The Hall–Kier alpha value is -2.83. The van der Waals surface area contributed by atoms with Gasteiger partial charge in [-0.3, -0.25) is 9.59 Å². The van der Waals surface area contributed by atoms with Crippen LogP contribution in [-0.2, 0) is 11.4 Å². The highest BCUT2D eigenvalue weighted by atomic mass is 16.5. The minimum Gasteiger partial charge on any atom is -0.489 e. The molecule has 1 saturated heterocycles. The molecule has 1 saturated carbocycles. The summed E-state index contributed by atoms with van der Waals surface area (Å²) in [5.41, 5.74) is 0.810. The smallest absolute Gasteiger partial charge is 0.276 e. The molecular weight excluding hydrogens is 394 g/mol. The maximum absolute atomic E-state index is 13.4. The van der Waals surface area contributed by atoms with E-state index in [2.05, 4.69) is 10.5 Å². The van der Waals surface area contributed by atoms with Gasteiger partial charge in [0.05, 0.1) is 11.5 Å². The second-order valence-corrected chi connectivity index (χ2v) is 9.14. The summed E-state index contributed by atoms with van der Waals surface area (Å²) < 4.78 is 11.2. The summed E-state index contributed by atoms with van der Waals surface area (Å²) >= 11 is 0. The molecule has 1 aliphatic carbocycles. The molecule has 2 fully saturated rings. The van der Waals surface area contributed by atoms with Crippen LogP contribution in [0.3, 0.4) is 0 Å². The molecule has 1 aromatic heterocycles. The minimum absolute atomic E-state index is 0.0520. The van der Waals surface area contributed by atoms with Crippen LogP contribution in [0.25, 0.3) is 0 Å². The van der Waals surface area contributed by atoms with Crippen LogP contribution in [0.1, 0.15) is 61.3 Å². The van der Waals surface area contributed by atoms with Crippen molar-refractivity contribution in [1.29, 1.82) is 0 Å². The number of para-hydroxylation sites is 1. The van der Waals surface area contributed by atoms with Crippen LogP contribution in [0.5, 0.6) is 5.75 Å². The molecule has 1 aromatic carbocycles. The molecule has 7 heteroatoms. The van der Waals surface area contributed by atoms with E-state index < -0.39 is 0 Å². The Bertz CT molecular complexity index is 932. The number of ether oxygens (including phenoxy) is 1. The molecule has 2 aliphatic rings. The van der Waals surface area contributed by atoms with E-state index in [0.717, 1.165) is 31.4 Å². The third kappa shape index (κ3) is 4.31. The molecule has 7 nitrogen and oxygen atoms in total. The van der Waals surface area contributed by atoms with Gasteiger partial charge in [-0.2, -0.15) is 0 Å². The van der Waals surface area contributed by atoms with Crippen molar-refractivity contribution in [2.45, 2.75) is 59.1 Å². The maximum atomic E-state index is 13.4. The molecule has 0 radical (unpaired) electrons. The summed E-state index contributed by atoms with van der Waals surface area (Å²) in [7, 11) is 0. The first-order valence-electron chi connectivity index (χ1n) is 11.1. The first-order chi connectivity index (χ1) is 14.9. The van der Waals surface area contributed by atoms with Crippen molar-refractivity contribution in [2.75, 3.05) is 13.1 Å². The summed E-state index contributed by atoms with van der Waals surface area (Å²) in [5.74, 6) is 0.977. The molecule has 4 rings (SSSR count). The van der Waals surface area contributed by atoms with Crippen LogP contribution in [0, 0.1) is 18.3 Å². The zero-order valence-corrected chi connectivity index (χ0v) is 18.5. The number of nitrogens with zero attached hydrogens (tertiary/aromatic N) is 2. The highest BCUT2D eigenvalue weighted by molar-refractivity contribution is 5.95. The molecule has 1 atom stereocenters. The van der Waals surface area contributed by atoms with Gasteiger partial charge in [-0.25, -0.2) is 0 Å². The van der Waals surface area contributed by atoms with Crippen molar-refractivity contribution in [3.05, 3.63) is 47.3 Å². The number of aryl methyl sites for hydroxylation is 1. The lowest BCUT2D eigenvalue weighted by Crippen LogP contribution is -2.42. The Morgan fingerprint density at radius 2 is 1.97 bits per heavy atom. The van der Waals surface area contributed by atoms with Crippen LogP contribution in [-0.4, -0.2) is 41.0 Å². The lowest BCUT2D eigenvalue weighted by molar-refractivity contribution is -0.128. The predicted octanol–water partition coefficient (Wildman–Crippen LogP) is 3.72. The van der Waals surface area contributed by atoms with E-state index in [1.165, 1.54) is 0 Å². The zero-order chi connectivity index (χ0) is 22.0. The SMILES string of the molecule is Cc1onc(C(=O)N2CC(C(=O)NC(C)C)C3(CCCC3)C2)c1COc1ccccc1.